The summed E-state index contributed by atoms with van der Waals surface area (Å²) in [6.07, 6.45) is -4.18. The normalized spacial score (nSPS) is 14.5. The second kappa shape index (κ2) is 4.11. The van der Waals surface area contributed by atoms with Crippen LogP contribution in [-0.4, -0.2) is 12.7 Å². The minimum absolute atomic E-state index is 0.00231. The molecule has 0 radical (unpaired) electrons. The molecule has 1 aromatic rings. The van der Waals surface area contributed by atoms with Crippen molar-refractivity contribution in [3.63, 3.8) is 0 Å². The molecule has 1 heterocycles. The standard InChI is InChI=1S/C8H10F3NS/c9-8(10,11)6(5-12)4-7-2-1-3-13-7/h1-3,6H,4-5,12H2. The Bertz CT molecular complexity index is 242. The van der Waals surface area contributed by atoms with Gasteiger partial charge in [0, 0.05) is 11.4 Å². The van der Waals surface area contributed by atoms with Gasteiger partial charge in [-0.15, -0.1) is 11.3 Å². The van der Waals surface area contributed by atoms with Crippen molar-refractivity contribution in [2.24, 2.45) is 11.7 Å². The van der Waals surface area contributed by atoms with E-state index in [1.165, 1.54) is 11.3 Å². The first-order chi connectivity index (χ1) is 6.04. The summed E-state index contributed by atoms with van der Waals surface area (Å²) in [5, 5.41) is 1.76. The molecule has 0 aliphatic carbocycles. The zero-order chi connectivity index (χ0) is 9.90. The lowest BCUT2D eigenvalue weighted by Crippen LogP contribution is -2.31. The van der Waals surface area contributed by atoms with Gasteiger partial charge in [0.05, 0.1) is 5.92 Å². The van der Waals surface area contributed by atoms with E-state index in [0.717, 1.165) is 4.88 Å². The fraction of sp³-hybridized carbons (Fsp3) is 0.500. The molecule has 0 aliphatic rings. The van der Waals surface area contributed by atoms with Crippen molar-refractivity contribution in [1.82, 2.24) is 0 Å². The van der Waals surface area contributed by atoms with Crippen molar-refractivity contribution < 1.29 is 13.2 Å². The third-order valence-electron chi connectivity index (χ3n) is 1.78. The summed E-state index contributed by atoms with van der Waals surface area (Å²) < 4.78 is 36.7. The smallest absolute Gasteiger partial charge is 0.330 e. The van der Waals surface area contributed by atoms with E-state index in [0.29, 0.717) is 0 Å². The largest absolute Gasteiger partial charge is 0.393 e. The van der Waals surface area contributed by atoms with E-state index in [4.69, 9.17) is 5.73 Å². The molecule has 1 unspecified atom stereocenters. The molecule has 74 valence electrons. The van der Waals surface area contributed by atoms with Crippen LogP contribution in [0.25, 0.3) is 0 Å². The Morgan fingerprint density at radius 1 is 1.46 bits per heavy atom. The van der Waals surface area contributed by atoms with Gasteiger partial charge in [0.1, 0.15) is 0 Å². The van der Waals surface area contributed by atoms with Crippen LogP contribution in [0.4, 0.5) is 13.2 Å². The summed E-state index contributed by atoms with van der Waals surface area (Å²) in [7, 11) is 0. The molecule has 0 amide bonds. The van der Waals surface area contributed by atoms with E-state index in [2.05, 4.69) is 0 Å². The Labute approximate surface area is 78.4 Å². The van der Waals surface area contributed by atoms with Gasteiger partial charge >= 0.3 is 6.18 Å². The Balaban J connectivity index is 2.60. The second-order valence-corrected chi connectivity index (χ2v) is 3.79. The van der Waals surface area contributed by atoms with Gasteiger partial charge in [-0.2, -0.15) is 13.2 Å². The third kappa shape index (κ3) is 3.00. The average molecular weight is 209 g/mol. The Morgan fingerprint density at radius 3 is 2.54 bits per heavy atom. The van der Waals surface area contributed by atoms with Crippen LogP contribution in [0.2, 0.25) is 0 Å². The van der Waals surface area contributed by atoms with Crippen LogP contribution in [0, 0.1) is 5.92 Å². The number of nitrogens with two attached hydrogens (primary N) is 1. The summed E-state index contributed by atoms with van der Waals surface area (Å²) in [5.74, 6) is -1.41. The highest BCUT2D eigenvalue weighted by atomic mass is 32.1. The molecular weight excluding hydrogens is 199 g/mol. The maximum absolute atomic E-state index is 12.2. The summed E-state index contributed by atoms with van der Waals surface area (Å²) in [5.41, 5.74) is 5.06. The van der Waals surface area contributed by atoms with Crippen LogP contribution in [0.5, 0.6) is 0 Å². The number of thiophene rings is 1. The highest BCUT2D eigenvalue weighted by molar-refractivity contribution is 7.09. The number of alkyl halides is 3. The molecule has 1 nitrogen and oxygen atoms in total. The van der Waals surface area contributed by atoms with E-state index in [1.54, 1.807) is 17.5 Å². The highest BCUT2D eigenvalue weighted by Crippen LogP contribution is 2.29. The van der Waals surface area contributed by atoms with E-state index < -0.39 is 12.1 Å². The Hall–Kier alpha value is -0.550. The SMILES string of the molecule is NCC(Cc1cccs1)C(F)(F)F. The van der Waals surface area contributed by atoms with Crippen molar-refractivity contribution in [2.75, 3.05) is 6.54 Å². The molecule has 2 N–H and O–H groups in total. The van der Waals surface area contributed by atoms with Gasteiger partial charge in [-0.1, -0.05) is 6.07 Å². The van der Waals surface area contributed by atoms with E-state index >= 15 is 0 Å². The zero-order valence-electron chi connectivity index (χ0n) is 6.84. The molecule has 0 fully saturated rings. The zero-order valence-corrected chi connectivity index (χ0v) is 7.66. The molecule has 0 aromatic carbocycles. The number of hydrogen-bond acceptors (Lipinski definition) is 2. The first-order valence-electron chi connectivity index (χ1n) is 3.83. The molecule has 0 spiro atoms. The summed E-state index contributed by atoms with van der Waals surface area (Å²) in [6, 6.07) is 3.43. The van der Waals surface area contributed by atoms with Gasteiger partial charge in [0.25, 0.3) is 0 Å². The maximum atomic E-state index is 12.2. The van der Waals surface area contributed by atoms with E-state index in [9.17, 15) is 13.2 Å². The molecule has 0 aliphatic heterocycles. The lowest BCUT2D eigenvalue weighted by atomic mass is 10.0. The quantitative estimate of drug-likeness (QED) is 0.812. The van der Waals surface area contributed by atoms with E-state index in [-0.39, 0.29) is 13.0 Å². The van der Waals surface area contributed by atoms with Crippen molar-refractivity contribution >= 4 is 11.3 Å². The van der Waals surface area contributed by atoms with Crippen LogP contribution in [0.3, 0.4) is 0 Å². The van der Waals surface area contributed by atoms with Crippen LogP contribution >= 0.6 is 11.3 Å². The third-order valence-corrected chi connectivity index (χ3v) is 2.67. The molecule has 1 atom stereocenters. The number of rotatable bonds is 3. The summed E-state index contributed by atoms with van der Waals surface area (Å²) in [4.78, 5) is 0.729. The van der Waals surface area contributed by atoms with Crippen molar-refractivity contribution in [3.8, 4) is 0 Å². The molecule has 0 saturated carbocycles. The molecule has 0 bridgehead atoms. The monoisotopic (exact) mass is 209 g/mol. The van der Waals surface area contributed by atoms with Gasteiger partial charge in [-0.25, -0.2) is 0 Å². The van der Waals surface area contributed by atoms with Crippen LogP contribution in [-0.2, 0) is 6.42 Å². The molecule has 5 heteroatoms. The van der Waals surface area contributed by atoms with Gasteiger partial charge < -0.3 is 5.73 Å². The maximum Gasteiger partial charge on any atom is 0.393 e. The molecule has 1 rings (SSSR count). The minimum Gasteiger partial charge on any atom is -0.330 e. The second-order valence-electron chi connectivity index (χ2n) is 2.76. The fourth-order valence-corrected chi connectivity index (χ4v) is 1.79. The van der Waals surface area contributed by atoms with Gasteiger partial charge in [-0.3, -0.25) is 0 Å². The lowest BCUT2D eigenvalue weighted by molar-refractivity contribution is -0.171. The van der Waals surface area contributed by atoms with Gasteiger partial charge in [0.15, 0.2) is 0 Å². The Kier molecular flexibility index (Phi) is 3.33. The fourth-order valence-electron chi connectivity index (χ4n) is 1.00. The van der Waals surface area contributed by atoms with Crippen LogP contribution in [0.1, 0.15) is 4.88 Å². The summed E-state index contributed by atoms with van der Waals surface area (Å²) >= 11 is 1.33. The minimum atomic E-state index is -4.18. The van der Waals surface area contributed by atoms with Crippen molar-refractivity contribution in [2.45, 2.75) is 12.6 Å². The Morgan fingerprint density at radius 2 is 2.15 bits per heavy atom. The first-order valence-corrected chi connectivity index (χ1v) is 4.71. The number of halogens is 3. The molecule has 13 heavy (non-hydrogen) atoms. The molecule has 1 aromatic heterocycles. The molecule has 0 saturated heterocycles. The lowest BCUT2D eigenvalue weighted by Gasteiger charge is -2.17. The number of hydrogen-bond donors (Lipinski definition) is 1. The van der Waals surface area contributed by atoms with E-state index in [1.807, 2.05) is 0 Å². The van der Waals surface area contributed by atoms with Crippen molar-refractivity contribution in [1.29, 1.82) is 0 Å². The summed E-state index contributed by atoms with van der Waals surface area (Å²) in [6.45, 7) is -0.346. The van der Waals surface area contributed by atoms with Gasteiger partial charge in [-0.05, 0) is 17.9 Å². The van der Waals surface area contributed by atoms with Crippen LogP contribution in [0.15, 0.2) is 17.5 Å². The highest BCUT2D eigenvalue weighted by Gasteiger charge is 2.38. The van der Waals surface area contributed by atoms with Gasteiger partial charge in [0.2, 0.25) is 0 Å². The first kappa shape index (κ1) is 10.5. The topological polar surface area (TPSA) is 26.0 Å². The van der Waals surface area contributed by atoms with Crippen LogP contribution < -0.4 is 5.73 Å². The predicted octanol–water partition coefficient (Wildman–Crippen LogP) is 2.43. The van der Waals surface area contributed by atoms with Crippen molar-refractivity contribution in [3.05, 3.63) is 22.4 Å². The average Bonchev–Trinajstić information content (AvgIpc) is 2.49. The predicted molar refractivity (Wildman–Crippen MR) is 46.6 cm³/mol. The molecular formula is C8H10F3NS.